The van der Waals surface area contributed by atoms with Crippen LogP contribution in [0, 0.1) is 6.92 Å². The number of nitrogens with two attached hydrogens (primary N) is 1. The summed E-state index contributed by atoms with van der Waals surface area (Å²) in [5.41, 5.74) is 7.94. The van der Waals surface area contributed by atoms with Crippen LogP contribution in [0.4, 0.5) is 5.69 Å². The zero-order chi connectivity index (χ0) is 16.8. The highest BCUT2D eigenvalue weighted by Crippen LogP contribution is 2.20. The maximum atomic E-state index is 12.3. The van der Waals surface area contributed by atoms with Gasteiger partial charge in [-0.3, -0.25) is 9.59 Å². The van der Waals surface area contributed by atoms with Gasteiger partial charge in [0.05, 0.1) is 0 Å². The quantitative estimate of drug-likeness (QED) is 0.754. The Bertz CT molecular complexity index is 563. The molecule has 5 nitrogen and oxygen atoms in total. The van der Waals surface area contributed by atoms with E-state index in [0.29, 0.717) is 24.4 Å². The Hall–Kier alpha value is -1.88. The lowest BCUT2D eigenvalue weighted by molar-refractivity contribution is -0.116. The highest BCUT2D eigenvalue weighted by Gasteiger charge is 2.18. The van der Waals surface area contributed by atoms with E-state index in [1.165, 1.54) is 12.8 Å². The van der Waals surface area contributed by atoms with Gasteiger partial charge in [-0.2, -0.15) is 0 Å². The number of rotatable bonds is 6. The van der Waals surface area contributed by atoms with Gasteiger partial charge in [0.15, 0.2) is 0 Å². The summed E-state index contributed by atoms with van der Waals surface area (Å²) in [6.07, 6.45) is 5.58. The van der Waals surface area contributed by atoms with E-state index < -0.39 is 0 Å². The Labute approximate surface area is 138 Å². The molecule has 1 aliphatic carbocycles. The Kier molecular flexibility index (Phi) is 6.16. The molecular formula is C18H27N3O2. The third-order valence-electron chi connectivity index (χ3n) is 4.28. The van der Waals surface area contributed by atoms with Crippen LogP contribution in [0.1, 0.15) is 61.4 Å². The first kappa shape index (κ1) is 17.5. The van der Waals surface area contributed by atoms with Crippen LogP contribution in [0.15, 0.2) is 18.2 Å². The SMILES string of the molecule is Cc1cc(C(=O)NC2CCCC2)ccc1NC(=O)CCC(C)N. The minimum atomic E-state index is -0.0476. The molecule has 1 saturated carbocycles. The van der Waals surface area contributed by atoms with Crippen LogP contribution in [0.5, 0.6) is 0 Å². The second-order valence-electron chi connectivity index (χ2n) is 6.55. The molecule has 0 aromatic heterocycles. The number of amides is 2. The molecule has 1 fully saturated rings. The number of aryl methyl sites for hydroxylation is 1. The Morgan fingerprint density at radius 3 is 2.61 bits per heavy atom. The minimum Gasteiger partial charge on any atom is -0.349 e. The van der Waals surface area contributed by atoms with Gasteiger partial charge < -0.3 is 16.4 Å². The van der Waals surface area contributed by atoms with Gasteiger partial charge >= 0.3 is 0 Å². The van der Waals surface area contributed by atoms with E-state index in [9.17, 15) is 9.59 Å². The summed E-state index contributed by atoms with van der Waals surface area (Å²) in [6, 6.07) is 5.70. The molecule has 1 aromatic carbocycles. The van der Waals surface area contributed by atoms with Gasteiger partial charge in [0.1, 0.15) is 0 Å². The molecule has 0 saturated heterocycles. The lowest BCUT2D eigenvalue weighted by Crippen LogP contribution is -2.32. The zero-order valence-corrected chi connectivity index (χ0v) is 14.0. The lowest BCUT2D eigenvalue weighted by atomic mass is 10.1. The fraction of sp³-hybridized carbons (Fsp3) is 0.556. The van der Waals surface area contributed by atoms with Gasteiger partial charge in [-0.05, 0) is 56.9 Å². The zero-order valence-electron chi connectivity index (χ0n) is 14.0. The molecule has 2 rings (SSSR count). The van der Waals surface area contributed by atoms with Crippen LogP contribution in [-0.4, -0.2) is 23.9 Å². The largest absolute Gasteiger partial charge is 0.349 e. The van der Waals surface area contributed by atoms with Gasteiger partial charge in [-0.25, -0.2) is 0 Å². The number of carbonyl (C=O) groups is 2. The number of benzene rings is 1. The molecule has 1 atom stereocenters. The fourth-order valence-electron chi connectivity index (χ4n) is 2.86. The number of hydrogen-bond acceptors (Lipinski definition) is 3. The van der Waals surface area contributed by atoms with Crippen molar-refractivity contribution in [3.8, 4) is 0 Å². The van der Waals surface area contributed by atoms with Crippen molar-refractivity contribution >= 4 is 17.5 Å². The maximum absolute atomic E-state index is 12.3. The van der Waals surface area contributed by atoms with E-state index in [1.807, 2.05) is 19.9 Å². The highest BCUT2D eigenvalue weighted by molar-refractivity contribution is 5.96. The van der Waals surface area contributed by atoms with Gasteiger partial charge in [0.25, 0.3) is 5.91 Å². The van der Waals surface area contributed by atoms with E-state index in [2.05, 4.69) is 10.6 Å². The second-order valence-corrected chi connectivity index (χ2v) is 6.55. The standard InChI is InChI=1S/C18H27N3O2/c1-12-11-14(18(23)20-15-5-3-4-6-15)8-9-16(12)21-17(22)10-7-13(2)19/h8-9,11,13,15H,3-7,10,19H2,1-2H3,(H,20,23)(H,21,22). The van der Waals surface area contributed by atoms with Crippen LogP contribution in [0.3, 0.4) is 0 Å². The van der Waals surface area contributed by atoms with Crippen molar-refractivity contribution in [1.82, 2.24) is 5.32 Å². The average Bonchev–Trinajstić information content (AvgIpc) is 3.00. The lowest BCUT2D eigenvalue weighted by Gasteiger charge is -2.14. The molecule has 1 aromatic rings. The molecule has 0 bridgehead atoms. The van der Waals surface area contributed by atoms with Crippen molar-refractivity contribution in [3.05, 3.63) is 29.3 Å². The molecule has 2 amide bonds. The number of carbonyl (C=O) groups excluding carboxylic acids is 2. The molecule has 4 N–H and O–H groups in total. The third kappa shape index (κ3) is 5.36. The predicted molar refractivity (Wildman–Crippen MR) is 92.4 cm³/mol. The predicted octanol–water partition coefficient (Wildman–Crippen LogP) is 2.73. The molecule has 23 heavy (non-hydrogen) atoms. The van der Waals surface area contributed by atoms with E-state index in [4.69, 9.17) is 5.73 Å². The van der Waals surface area contributed by atoms with Crippen LogP contribution in [0.25, 0.3) is 0 Å². The molecule has 1 unspecified atom stereocenters. The van der Waals surface area contributed by atoms with Crippen molar-refractivity contribution in [2.45, 2.75) is 64.5 Å². The summed E-state index contributed by atoms with van der Waals surface area (Å²) in [4.78, 5) is 24.1. The first-order chi connectivity index (χ1) is 11.0. The number of hydrogen-bond donors (Lipinski definition) is 3. The van der Waals surface area contributed by atoms with Crippen LogP contribution in [-0.2, 0) is 4.79 Å². The smallest absolute Gasteiger partial charge is 0.251 e. The summed E-state index contributed by atoms with van der Waals surface area (Å²) in [5.74, 6) is -0.0802. The summed E-state index contributed by atoms with van der Waals surface area (Å²) in [7, 11) is 0. The average molecular weight is 317 g/mol. The summed E-state index contributed by atoms with van der Waals surface area (Å²) >= 11 is 0. The first-order valence-corrected chi connectivity index (χ1v) is 8.42. The molecular weight excluding hydrogens is 290 g/mol. The first-order valence-electron chi connectivity index (χ1n) is 8.42. The molecule has 0 aliphatic heterocycles. The van der Waals surface area contributed by atoms with Crippen LogP contribution >= 0.6 is 0 Å². The highest BCUT2D eigenvalue weighted by atomic mass is 16.2. The van der Waals surface area contributed by atoms with E-state index in [-0.39, 0.29) is 17.9 Å². The van der Waals surface area contributed by atoms with Gasteiger partial charge in [-0.1, -0.05) is 12.8 Å². The normalized spacial score (nSPS) is 16.1. The Balaban J connectivity index is 1.94. The Morgan fingerprint density at radius 2 is 2.00 bits per heavy atom. The summed E-state index contributed by atoms with van der Waals surface area (Å²) < 4.78 is 0. The molecule has 0 heterocycles. The number of anilines is 1. The number of nitrogens with one attached hydrogen (secondary N) is 2. The van der Waals surface area contributed by atoms with E-state index in [0.717, 1.165) is 24.1 Å². The van der Waals surface area contributed by atoms with Crippen molar-refractivity contribution < 1.29 is 9.59 Å². The van der Waals surface area contributed by atoms with Crippen molar-refractivity contribution in [2.24, 2.45) is 5.73 Å². The van der Waals surface area contributed by atoms with Crippen molar-refractivity contribution in [1.29, 1.82) is 0 Å². The van der Waals surface area contributed by atoms with Gasteiger partial charge in [0.2, 0.25) is 5.91 Å². The molecule has 126 valence electrons. The van der Waals surface area contributed by atoms with Crippen LogP contribution < -0.4 is 16.4 Å². The van der Waals surface area contributed by atoms with Gasteiger partial charge in [-0.15, -0.1) is 0 Å². The van der Waals surface area contributed by atoms with E-state index >= 15 is 0 Å². The van der Waals surface area contributed by atoms with E-state index in [1.54, 1.807) is 12.1 Å². The fourth-order valence-corrected chi connectivity index (χ4v) is 2.86. The Morgan fingerprint density at radius 1 is 1.30 bits per heavy atom. The van der Waals surface area contributed by atoms with Crippen molar-refractivity contribution in [3.63, 3.8) is 0 Å². The topological polar surface area (TPSA) is 84.2 Å². The molecule has 1 aliphatic rings. The summed E-state index contributed by atoms with van der Waals surface area (Å²) in [5, 5.41) is 5.95. The van der Waals surface area contributed by atoms with Crippen molar-refractivity contribution in [2.75, 3.05) is 5.32 Å². The van der Waals surface area contributed by atoms with Gasteiger partial charge in [0, 0.05) is 29.8 Å². The molecule has 0 spiro atoms. The second kappa shape index (κ2) is 8.11. The van der Waals surface area contributed by atoms with Crippen LogP contribution in [0.2, 0.25) is 0 Å². The monoisotopic (exact) mass is 317 g/mol. The summed E-state index contributed by atoms with van der Waals surface area (Å²) in [6.45, 7) is 3.78. The molecule has 0 radical (unpaired) electrons. The third-order valence-corrected chi connectivity index (χ3v) is 4.28. The molecule has 5 heteroatoms. The minimum absolute atomic E-state index is 0.0171. The maximum Gasteiger partial charge on any atom is 0.251 e.